The Hall–Kier alpha value is -2.00. The number of carboxylic acids is 1. The van der Waals surface area contributed by atoms with Gasteiger partial charge < -0.3 is 9.84 Å². The maximum atomic E-state index is 11.1. The molecule has 0 saturated heterocycles. The van der Waals surface area contributed by atoms with Crippen LogP contribution in [0.5, 0.6) is 11.5 Å². The number of hydrogen-bond donors (Lipinski definition) is 1. The Morgan fingerprint density at radius 1 is 1.11 bits per heavy atom. The van der Waals surface area contributed by atoms with Crippen LogP contribution in [-0.4, -0.2) is 11.1 Å². The molecule has 0 saturated carbocycles. The summed E-state index contributed by atoms with van der Waals surface area (Å²) in [6, 6.07) is 10.2. The summed E-state index contributed by atoms with van der Waals surface area (Å²) in [7, 11) is 0. The van der Waals surface area contributed by atoms with Crippen LogP contribution in [0.1, 0.15) is 21.5 Å². The van der Waals surface area contributed by atoms with Gasteiger partial charge in [0, 0.05) is 11.1 Å². The topological polar surface area (TPSA) is 46.5 Å². The third kappa shape index (κ3) is 3.26. The van der Waals surface area contributed by atoms with Gasteiger partial charge in [-0.1, -0.05) is 17.7 Å². The van der Waals surface area contributed by atoms with Gasteiger partial charge in [-0.25, -0.2) is 4.79 Å². The smallest absolute Gasteiger partial charge is 0.339 e. The molecule has 0 bridgehead atoms. The van der Waals surface area contributed by atoms with Crippen LogP contribution in [-0.2, 0) is 0 Å². The van der Waals surface area contributed by atoms with E-state index in [1.54, 1.807) is 0 Å². The van der Waals surface area contributed by atoms with Crippen LogP contribution in [0.25, 0.3) is 0 Å². The second-order valence-electron chi connectivity index (χ2n) is 4.37. The number of benzene rings is 2. The lowest BCUT2D eigenvalue weighted by Gasteiger charge is -2.10. The molecule has 0 amide bonds. The van der Waals surface area contributed by atoms with Crippen LogP contribution in [0.2, 0.25) is 5.02 Å². The lowest BCUT2D eigenvalue weighted by molar-refractivity contribution is 0.0694. The molecule has 0 spiro atoms. The third-order valence-corrected chi connectivity index (χ3v) is 2.83. The molecule has 2 aromatic rings. The Morgan fingerprint density at radius 2 is 1.74 bits per heavy atom. The maximum absolute atomic E-state index is 11.1. The van der Waals surface area contributed by atoms with Gasteiger partial charge in [0.25, 0.3) is 0 Å². The molecule has 2 rings (SSSR count). The van der Waals surface area contributed by atoms with Crippen LogP contribution >= 0.6 is 11.6 Å². The number of aryl methyl sites for hydroxylation is 2. The van der Waals surface area contributed by atoms with Crippen molar-refractivity contribution >= 4 is 17.6 Å². The number of halogens is 1. The first-order valence-corrected chi connectivity index (χ1v) is 6.12. The summed E-state index contributed by atoms with van der Waals surface area (Å²) in [6.07, 6.45) is 0. The Kier molecular flexibility index (Phi) is 3.76. The minimum Gasteiger partial charge on any atom is -0.478 e. The highest BCUT2D eigenvalue weighted by Gasteiger charge is 2.12. The molecule has 1 N–H and O–H groups in total. The van der Waals surface area contributed by atoms with Crippen LogP contribution in [0.4, 0.5) is 0 Å². The fraction of sp³-hybridized carbons (Fsp3) is 0.133. The zero-order valence-corrected chi connectivity index (χ0v) is 11.4. The average Bonchev–Trinajstić information content (AvgIpc) is 2.26. The molecular weight excluding hydrogens is 264 g/mol. The zero-order chi connectivity index (χ0) is 14.0. The molecule has 19 heavy (non-hydrogen) atoms. The van der Waals surface area contributed by atoms with Crippen molar-refractivity contribution in [2.75, 3.05) is 0 Å². The highest BCUT2D eigenvalue weighted by molar-refractivity contribution is 6.30. The van der Waals surface area contributed by atoms with Crippen molar-refractivity contribution in [1.29, 1.82) is 0 Å². The monoisotopic (exact) mass is 276 g/mol. The summed E-state index contributed by atoms with van der Waals surface area (Å²) < 4.78 is 5.65. The second kappa shape index (κ2) is 5.33. The van der Waals surface area contributed by atoms with E-state index in [0.29, 0.717) is 10.8 Å². The van der Waals surface area contributed by atoms with Crippen LogP contribution in [0.3, 0.4) is 0 Å². The lowest BCUT2D eigenvalue weighted by Crippen LogP contribution is -2.00. The van der Waals surface area contributed by atoms with E-state index in [0.717, 1.165) is 11.1 Å². The van der Waals surface area contributed by atoms with E-state index in [9.17, 15) is 4.79 Å². The normalized spacial score (nSPS) is 10.3. The molecule has 0 fully saturated rings. The van der Waals surface area contributed by atoms with Gasteiger partial charge in [-0.05, 0) is 49.2 Å². The Bertz CT molecular complexity index is 615. The first-order valence-electron chi connectivity index (χ1n) is 5.75. The SMILES string of the molecule is Cc1cc(C)cc(Oc2cc(Cl)ccc2C(=O)O)c1. The van der Waals surface area contributed by atoms with Gasteiger partial charge >= 0.3 is 5.97 Å². The van der Waals surface area contributed by atoms with Crippen molar-refractivity contribution in [3.05, 3.63) is 58.1 Å². The molecule has 0 unspecified atom stereocenters. The summed E-state index contributed by atoms with van der Waals surface area (Å²) in [5.74, 6) is -0.205. The molecule has 4 heteroatoms. The van der Waals surface area contributed by atoms with E-state index in [2.05, 4.69) is 0 Å². The molecule has 0 aliphatic heterocycles. The number of carboxylic acid groups (broad SMARTS) is 1. The van der Waals surface area contributed by atoms with Gasteiger partial charge in [-0.3, -0.25) is 0 Å². The molecule has 0 atom stereocenters. The van der Waals surface area contributed by atoms with Crippen LogP contribution < -0.4 is 4.74 Å². The van der Waals surface area contributed by atoms with E-state index in [4.69, 9.17) is 21.4 Å². The molecule has 0 aromatic heterocycles. The quantitative estimate of drug-likeness (QED) is 0.901. The van der Waals surface area contributed by atoms with E-state index < -0.39 is 5.97 Å². The second-order valence-corrected chi connectivity index (χ2v) is 4.81. The Balaban J connectivity index is 2.42. The van der Waals surface area contributed by atoms with Crippen LogP contribution in [0.15, 0.2) is 36.4 Å². The third-order valence-electron chi connectivity index (χ3n) is 2.60. The molecule has 98 valence electrons. The van der Waals surface area contributed by atoms with Gasteiger partial charge in [-0.15, -0.1) is 0 Å². The number of aromatic carboxylic acids is 1. The molecular formula is C15H13ClO3. The maximum Gasteiger partial charge on any atom is 0.339 e. The van der Waals surface area contributed by atoms with Gasteiger partial charge in [0.15, 0.2) is 0 Å². The molecule has 0 aliphatic carbocycles. The highest BCUT2D eigenvalue weighted by atomic mass is 35.5. The molecule has 2 aromatic carbocycles. The van der Waals surface area contributed by atoms with Crippen molar-refractivity contribution in [1.82, 2.24) is 0 Å². The Morgan fingerprint density at radius 3 is 2.32 bits per heavy atom. The van der Waals surface area contributed by atoms with Gasteiger partial charge in [0.1, 0.15) is 17.1 Å². The van der Waals surface area contributed by atoms with E-state index >= 15 is 0 Å². The van der Waals surface area contributed by atoms with Crippen molar-refractivity contribution in [2.45, 2.75) is 13.8 Å². The minimum absolute atomic E-state index is 0.0866. The fourth-order valence-corrected chi connectivity index (χ4v) is 2.04. The fourth-order valence-electron chi connectivity index (χ4n) is 1.88. The minimum atomic E-state index is -1.05. The lowest BCUT2D eigenvalue weighted by atomic mass is 10.1. The zero-order valence-electron chi connectivity index (χ0n) is 10.6. The largest absolute Gasteiger partial charge is 0.478 e. The predicted octanol–water partition coefficient (Wildman–Crippen LogP) is 4.45. The van der Waals surface area contributed by atoms with Gasteiger partial charge in [-0.2, -0.15) is 0 Å². The summed E-state index contributed by atoms with van der Waals surface area (Å²) >= 11 is 5.88. The molecule has 0 radical (unpaired) electrons. The summed E-state index contributed by atoms with van der Waals surface area (Å²) in [6.45, 7) is 3.91. The molecule has 3 nitrogen and oxygen atoms in total. The van der Waals surface area contributed by atoms with Crippen LogP contribution in [0, 0.1) is 13.8 Å². The highest BCUT2D eigenvalue weighted by Crippen LogP contribution is 2.29. The average molecular weight is 277 g/mol. The van der Waals surface area contributed by atoms with Crippen molar-refractivity contribution in [2.24, 2.45) is 0 Å². The Labute approximate surface area is 116 Å². The first kappa shape index (κ1) is 13.4. The number of ether oxygens (including phenoxy) is 1. The van der Waals surface area contributed by atoms with E-state index in [1.165, 1.54) is 18.2 Å². The summed E-state index contributed by atoms with van der Waals surface area (Å²) in [5, 5.41) is 9.56. The van der Waals surface area contributed by atoms with Crippen molar-refractivity contribution < 1.29 is 14.6 Å². The molecule has 0 heterocycles. The molecule has 0 aliphatic rings. The number of hydrogen-bond acceptors (Lipinski definition) is 2. The predicted molar refractivity (Wildman–Crippen MR) is 74.4 cm³/mol. The summed E-state index contributed by atoms with van der Waals surface area (Å²) in [5.41, 5.74) is 2.19. The van der Waals surface area contributed by atoms with Crippen molar-refractivity contribution in [3.8, 4) is 11.5 Å². The standard InChI is InChI=1S/C15H13ClO3/c1-9-5-10(2)7-12(6-9)19-14-8-11(16)3-4-13(14)15(17)18/h3-8H,1-2H3,(H,17,18). The summed E-state index contributed by atoms with van der Waals surface area (Å²) in [4.78, 5) is 11.1. The first-order chi connectivity index (χ1) is 8.95. The number of carbonyl (C=O) groups is 1. The van der Waals surface area contributed by atoms with Gasteiger partial charge in [0.05, 0.1) is 0 Å². The van der Waals surface area contributed by atoms with Gasteiger partial charge in [0.2, 0.25) is 0 Å². The van der Waals surface area contributed by atoms with E-state index in [-0.39, 0.29) is 11.3 Å². The van der Waals surface area contributed by atoms with E-state index in [1.807, 2.05) is 32.0 Å². The van der Waals surface area contributed by atoms with Crippen molar-refractivity contribution in [3.63, 3.8) is 0 Å². The number of rotatable bonds is 3.